The molecule has 0 aromatic heterocycles. The largest absolute Gasteiger partial charge is 0.492 e. The molecule has 1 aromatic rings. The average molecular weight is 423 g/mol. The van der Waals surface area contributed by atoms with E-state index < -0.39 is 10.0 Å². The number of sulfonamides is 1. The maximum Gasteiger partial charge on any atom is 0.246 e. The topological polar surface area (TPSA) is 76.2 Å². The SMILES string of the molecule is COCCN1CC2(CCN(C(=O)C3CCC3)CC2)COc2ccccc2S1(=O)=O. The summed E-state index contributed by atoms with van der Waals surface area (Å²) >= 11 is 0. The van der Waals surface area contributed by atoms with Gasteiger partial charge in [0.15, 0.2) is 0 Å². The Morgan fingerprint density at radius 3 is 2.62 bits per heavy atom. The van der Waals surface area contributed by atoms with Crippen LogP contribution in [0.5, 0.6) is 5.75 Å². The molecular formula is C21H30N2O5S. The van der Waals surface area contributed by atoms with Crippen LogP contribution in [-0.2, 0) is 19.6 Å². The summed E-state index contributed by atoms with van der Waals surface area (Å²) in [5.74, 6) is 0.872. The van der Waals surface area contributed by atoms with Gasteiger partial charge in [-0.15, -0.1) is 0 Å². The summed E-state index contributed by atoms with van der Waals surface area (Å²) in [6.45, 7) is 2.81. The number of hydrogen-bond acceptors (Lipinski definition) is 5. The lowest BCUT2D eigenvalue weighted by atomic mass is 9.77. The molecule has 0 N–H and O–H groups in total. The first-order valence-electron chi connectivity index (χ1n) is 10.4. The van der Waals surface area contributed by atoms with Gasteiger partial charge < -0.3 is 14.4 Å². The Morgan fingerprint density at radius 2 is 1.97 bits per heavy atom. The standard InChI is InChI=1S/C21H30N2O5S/c1-27-14-13-23-15-21(9-11-22(12-10-21)20(24)17-5-4-6-17)16-28-18-7-2-3-8-19(18)29(23,25)26/h2-3,7-8,17H,4-6,9-16H2,1H3. The second kappa shape index (κ2) is 8.24. The fourth-order valence-corrected chi connectivity index (χ4v) is 6.14. The average Bonchev–Trinajstić information content (AvgIpc) is 2.68. The first kappa shape index (κ1) is 20.6. The van der Waals surface area contributed by atoms with Gasteiger partial charge in [-0.2, -0.15) is 4.31 Å². The molecule has 2 fully saturated rings. The minimum absolute atomic E-state index is 0.197. The lowest BCUT2D eigenvalue weighted by Crippen LogP contribution is -2.53. The Hall–Kier alpha value is -1.64. The van der Waals surface area contributed by atoms with E-state index in [9.17, 15) is 13.2 Å². The fourth-order valence-electron chi connectivity index (χ4n) is 4.47. The molecule has 8 heteroatoms. The Balaban J connectivity index is 1.56. The smallest absolute Gasteiger partial charge is 0.246 e. The third-order valence-corrected chi connectivity index (χ3v) is 8.53. The molecule has 0 unspecified atom stereocenters. The summed E-state index contributed by atoms with van der Waals surface area (Å²) in [7, 11) is -2.10. The number of para-hydroxylation sites is 1. The summed E-state index contributed by atoms with van der Waals surface area (Å²) in [4.78, 5) is 14.8. The van der Waals surface area contributed by atoms with Crippen LogP contribution in [0.25, 0.3) is 0 Å². The van der Waals surface area contributed by atoms with Crippen LogP contribution in [0, 0.1) is 11.3 Å². The van der Waals surface area contributed by atoms with Crippen LogP contribution in [0.3, 0.4) is 0 Å². The van der Waals surface area contributed by atoms with Gasteiger partial charge in [0.2, 0.25) is 15.9 Å². The van der Waals surface area contributed by atoms with E-state index in [2.05, 4.69) is 0 Å². The minimum atomic E-state index is -3.68. The number of carbonyl (C=O) groups is 1. The quantitative estimate of drug-likeness (QED) is 0.743. The number of hydrogen-bond donors (Lipinski definition) is 0. The molecule has 0 radical (unpaired) electrons. The molecule has 1 saturated heterocycles. The monoisotopic (exact) mass is 422 g/mol. The van der Waals surface area contributed by atoms with Crippen LogP contribution < -0.4 is 4.74 Å². The van der Waals surface area contributed by atoms with E-state index in [1.54, 1.807) is 35.7 Å². The van der Waals surface area contributed by atoms with Crippen LogP contribution >= 0.6 is 0 Å². The number of fused-ring (bicyclic) bond motifs is 1. The number of nitrogens with zero attached hydrogens (tertiary/aromatic N) is 2. The predicted octanol–water partition coefficient (Wildman–Crippen LogP) is 2.12. The zero-order chi connectivity index (χ0) is 20.5. The third kappa shape index (κ3) is 4.02. The zero-order valence-electron chi connectivity index (χ0n) is 17.0. The molecule has 1 aromatic carbocycles. The van der Waals surface area contributed by atoms with Crippen molar-refractivity contribution in [1.82, 2.24) is 9.21 Å². The summed E-state index contributed by atoms with van der Waals surface area (Å²) < 4.78 is 39.5. The van der Waals surface area contributed by atoms with Crippen molar-refractivity contribution in [1.29, 1.82) is 0 Å². The third-order valence-electron chi connectivity index (χ3n) is 6.65. The highest BCUT2D eigenvalue weighted by Gasteiger charge is 2.44. The fraction of sp³-hybridized carbons (Fsp3) is 0.667. The van der Waals surface area contributed by atoms with Crippen molar-refractivity contribution < 1.29 is 22.7 Å². The van der Waals surface area contributed by atoms with E-state index in [1.165, 1.54) is 0 Å². The van der Waals surface area contributed by atoms with Crippen molar-refractivity contribution in [3.63, 3.8) is 0 Å². The van der Waals surface area contributed by atoms with Crippen LogP contribution in [0.4, 0.5) is 0 Å². The lowest BCUT2D eigenvalue weighted by Gasteiger charge is -2.46. The van der Waals surface area contributed by atoms with Crippen molar-refractivity contribution >= 4 is 15.9 Å². The Kier molecular flexibility index (Phi) is 5.86. The number of amides is 1. The van der Waals surface area contributed by atoms with Crippen LogP contribution in [-0.4, -0.2) is 70.0 Å². The van der Waals surface area contributed by atoms with Gasteiger partial charge >= 0.3 is 0 Å². The number of carbonyl (C=O) groups excluding carboxylic acids is 1. The van der Waals surface area contributed by atoms with E-state index >= 15 is 0 Å². The molecule has 1 aliphatic carbocycles. The Bertz CT molecular complexity index is 844. The Morgan fingerprint density at radius 1 is 1.24 bits per heavy atom. The Labute approximate surface area is 173 Å². The maximum atomic E-state index is 13.3. The molecule has 4 rings (SSSR count). The summed E-state index contributed by atoms with van der Waals surface area (Å²) in [6, 6.07) is 6.83. The molecular weight excluding hydrogens is 392 g/mol. The number of rotatable bonds is 4. The normalized spacial score (nSPS) is 24.1. The van der Waals surface area contributed by atoms with Crippen molar-refractivity contribution in [3.05, 3.63) is 24.3 Å². The van der Waals surface area contributed by atoms with Gasteiger partial charge in [0.05, 0.1) is 13.2 Å². The second-order valence-electron chi connectivity index (χ2n) is 8.52. The van der Waals surface area contributed by atoms with Crippen LogP contribution in [0.2, 0.25) is 0 Å². The second-order valence-corrected chi connectivity index (χ2v) is 10.4. The molecule has 7 nitrogen and oxygen atoms in total. The van der Waals surface area contributed by atoms with E-state index in [-0.39, 0.29) is 22.1 Å². The maximum absolute atomic E-state index is 13.3. The van der Waals surface area contributed by atoms with Crippen molar-refractivity contribution in [2.75, 3.05) is 46.5 Å². The van der Waals surface area contributed by atoms with Crippen molar-refractivity contribution in [2.45, 2.75) is 37.0 Å². The van der Waals surface area contributed by atoms with Gasteiger partial charge in [-0.1, -0.05) is 18.6 Å². The van der Waals surface area contributed by atoms with E-state index in [4.69, 9.17) is 9.47 Å². The molecule has 1 spiro atoms. The number of methoxy groups -OCH3 is 1. The number of likely N-dealkylation sites (tertiary alicyclic amines) is 1. The van der Waals surface area contributed by atoms with Crippen LogP contribution in [0.1, 0.15) is 32.1 Å². The summed E-state index contributed by atoms with van der Waals surface area (Å²) in [5, 5.41) is 0. The molecule has 2 aliphatic heterocycles. The lowest BCUT2D eigenvalue weighted by molar-refractivity contribution is -0.141. The number of benzene rings is 1. The van der Waals surface area contributed by atoms with Gasteiger partial charge in [0.1, 0.15) is 10.6 Å². The first-order valence-corrected chi connectivity index (χ1v) is 11.9. The van der Waals surface area contributed by atoms with E-state index in [0.717, 1.165) is 32.1 Å². The zero-order valence-corrected chi connectivity index (χ0v) is 17.8. The molecule has 29 heavy (non-hydrogen) atoms. The van der Waals surface area contributed by atoms with Gasteiger partial charge in [-0.25, -0.2) is 8.42 Å². The summed E-state index contributed by atoms with van der Waals surface area (Å²) in [5.41, 5.74) is -0.301. The molecule has 2 heterocycles. The highest BCUT2D eigenvalue weighted by molar-refractivity contribution is 7.89. The van der Waals surface area contributed by atoms with Gasteiger partial charge in [0.25, 0.3) is 0 Å². The van der Waals surface area contributed by atoms with Crippen molar-refractivity contribution in [3.8, 4) is 5.75 Å². The predicted molar refractivity (Wildman–Crippen MR) is 108 cm³/mol. The minimum Gasteiger partial charge on any atom is -0.492 e. The van der Waals surface area contributed by atoms with E-state index in [0.29, 0.717) is 45.1 Å². The number of piperidine rings is 1. The van der Waals surface area contributed by atoms with Gasteiger partial charge in [0, 0.05) is 44.6 Å². The molecule has 0 atom stereocenters. The molecule has 1 amide bonds. The van der Waals surface area contributed by atoms with Crippen LogP contribution in [0.15, 0.2) is 29.2 Å². The molecule has 3 aliphatic rings. The van der Waals surface area contributed by atoms with E-state index in [1.807, 2.05) is 4.90 Å². The molecule has 1 saturated carbocycles. The van der Waals surface area contributed by atoms with Crippen molar-refractivity contribution in [2.24, 2.45) is 11.3 Å². The highest BCUT2D eigenvalue weighted by Crippen LogP contribution is 2.40. The van der Waals surface area contributed by atoms with Gasteiger partial charge in [-0.05, 0) is 37.8 Å². The molecule has 0 bridgehead atoms. The highest BCUT2D eigenvalue weighted by atomic mass is 32.2. The number of ether oxygens (including phenoxy) is 2. The molecule has 160 valence electrons. The van der Waals surface area contributed by atoms with Gasteiger partial charge in [-0.3, -0.25) is 4.79 Å². The summed E-state index contributed by atoms with van der Waals surface area (Å²) in [6.07, 6.45) is 4.64. The first-order chi connectivity index (χ1) is 14.0.